The van der Waals surface area contributed by atoms with Crippen LogP contribution in [0.1, 0.15) is 36.5 Å². The Balaban J connectivity index is 2.14. The first-order chi connectivity index (χ1) is 7.47. The Morgan fingerprint density at radius 1 is 1.31 bits per heavy atom. The zero-order valence-corrected chi connectivity index (χ0v) is 8.67. The van der Waals surface area contributed by atoms with Crippen LogP contribution >= 0.6 is 0 Å². The van der Waals surface area contributed by atoms with E-state index in [1.807, 2.05) is 0 Å². The molecule has 0 amide bonds. The number of aliphatic hydroxyl groups excluding tert-OH is 1. The third-order valence-electron chi connectivity index (χ3n) is 2.85. The summed E-state index contributed by atoms with van der Waals surface area (Å²) in [6.07, 6.45) is -2.38. The maximum atomic E-state index is 12.4. The highest BCUT2D eigenvalue weighted by atomic mass is 19.4. The fourth-order valence-corrected chi connectivity index (χ4v) is 1.73. The maximum absolute atomic E-state index is 12.4. The smallest absolute Gasteiger partial charge is 0.388 e. The van der Waals surface area contributed by atoms with Crippen LogP contribution in [0.25, 0.3) is 0 Å². The Labute approximate surface area is 91.9 Å². The molecule has 0 aromatic heterocycles. The molecular formula is C12H13F3O. The summed E-state index contributed by atoms with van der Waals surface area (Å²) in [7, 11) is 0. The zero-order valence-electron chi connectivity index (χ0n) is 8.67. The molecule has 1 nitrogen and oxygen atoms in total. The summed E-state index contributed by atoms with van der Waals surface area (Å²) >= 11 is 0. The number of hydrogen-bond donors (Lipinski definition) is 1. The van der Waals surface area contributed by atoms with Crippen molar-refractivity contribution in [1.82, 2.24) is 0 Å². The van der Waals surface area contributed by atoms with E-state index in [9.17, 15) is 18.3 Å². The molecule has 4 heteroatoms. The van der Waals surface area contributed by atoms with Crippen LogP contribution in [0.15, 0.2) is 24.3 Å². The SMILES string of the molecule is OC(CC1CC1)c1cccc(C(F)(F)F)c1. The molecule has 16 heavy (non-hydrogen) atoms. The van der Waals surface area contributed by atoms with Gasteiger partial charge in [0, 0.05) is 0 Å². The average molecular weight is 230 g/mol. The van der Waals surface area contributed by atoms with E-state index in [1.165, 1.54) is 6.07 Å². The van der Waals surface area contributed by atoms with E-state index in [-0.39, 0.29) is 0 Å². The fraction of sp³-hybridized carbons (Fsp3) is 0.500. The van der Waals surface area contributed by atoms with Crippen molar-refractivity contribution in [3.05, 3.63) is 35.4 Å². The molecule has 88 valence electrons. The molecule has 1 atom stereocenters. The second kappa shape index (κ2) is 4.09. The van der Waals surface area contributed by atoms with Crippen molar-refractivity contribution in [3.63, 3.8) is 0 Å². The van der Waals surface area contributed by atoms with E-state index < -0.39 is 17.8 Å². The lowest BCUT2D eigenvalue weighted by molar-refractivity contribution is -0.137. The van der Waals surface area contributed by atoms with Gasteiger partial charge in [-0.05, 0) is 30.0 Å². The van der Waals surface area contributed by atoms with Crippen LogP contribution in [0.4, 0.5) is 13.2 Å². The summed E-state index contributed by atoms with van der Waals surface area (Å²) in [6, 6.07) is 4.94. The van der Waals surface area contributed by atoms with Crippen molar-refractivity contribution in [1.29, 1.82) is 0 Å². The van der Waals surface area contributed by atoms with Gasteiger partial charge in [0.2, 0.25) is 0 Å². The first-order valence-electron chi connectivity index (χ1n) is 5.32. The summed E-state index contributed by atoms with van der Waals surface area (Å²) in [5, 5.41) is 9.75. The molecule has 1 aromatic rings. The maximum Gasteiger partial charge on any atom is 0.416 e. The van der Waals surface area contributed by atoms with Crippen molar-refractivity contribution in [2.24, 2.45) is 5.92 Å². The van der Waals surface area contributed by atoms with Crippen LogP contribution in [0, 0.1) is 5.92 Å². The van der Waals surface area contributed by atoms with Crippen molar-refractivity contribution in [3.8, 4) is 0 Å². The summed E-state index contributed by atoms with van der Waals surface area (Å²) in [6.45, 7) is 0. The molecule has 1 saturated carbocycles. The van der Waals surface area contributed by atoms with Gasteiger partial charge in [-0.1, -0.05) is 25.0 Å². The van der Waals surface area contributed by atoms with E-state index >= 15 is 0 Å². The molecule has 1 fully saturated rings. The molecule has 1 aromatic carbocycles. The summed E-state index contributed by atoms with van der Waals surface area (Å²) < 4.78 is 37.3. The van der Waals surface area contributed by atoms with E-state index in [1.54, 1.807) is 6.07 Å². The summed E-state index contributed by atoms with van der Waals surface area (Å²) in [5.74, 6) is 0.490. The van der Waals surface area contributed by atoms with Crippen LogP contribution in [0.2, 0.25) is 0 Å². The van der Waals surface area contributed by atoms with Crippen LogP contribution in [-0.4, -0.2) is 5.11 Å². The minimum atomic E-state index is -4.34. The first kappa shape index (κ1) is 11.5. The quantitative estimate of drug-likeness (QED) is 0.842. The molecular weight excluding hydrogens is 217 g/mol. The van der Waals surface area contributed by atoms with Gasteiger partial charge in [0.25, 0.3) is 0 Å². The predicted molar refractivity (Wildman–Crippen MR) is 53.7 cm³/mol. The van der Waals surface area contributed by atoms with E-state index in [0.717, 1.165) is 25.0 Å². The van der Waals surface area contributed by atoms with Gasteiger partial charge in [0.15, 0.2) is 0 Å². The number of halogens is 3. The molecule has 2 rings (SSSR count). The van der Waals surface area contributed by atoms with Gasteiger partial charge >= 0.3 is 6.18 Å². The minimum absolute atomic E-state index is 0.363. The molecule has 0 spiro atoms. The highest BCUT2D eigenvalue weighted by molar-refractivity contribution is 5.27. The van der Waals surface area contributed by atoms with Gasteiger partial charge in [0.1, 0.15) is 0 Å². The van der Waals surface area contributed by atoms with Crippen molar-refractivity contribution in [2.45, 2.75) is 31.5 Å². The molecule has 1 aliphatic carbocycles. The normalized spacial score (nSPS) is 18.5. The average Bonchev–Trinajstić information content (AvgIpc) is 3.00. The number of hydrogen-bond acceptors (Lipinski definition) is 1. The Kier molecular flexibility index (Phi) is 2.93. The first-order valence-corrected chi connectivity index (χ1v) is 5.32. The molecule has 0 bridgehead atoms. The Morgan fingerprint density at radius 2 is 2.00 bits per heavy atom. The van der Waals surface area contributed by atoms with Crippen molar-refractivity contribution in [2.75, 3.05) is 0 Å². The number of aliphatic hydroxyl groups is 1. The standard InChI is InChI=1S/C12H13F3O/c13-12(14,15)10-3-1-2-9(7-10)11(16)6-8-4-5-8/h1-3,7-8,11,16H,4-6H2. The van der Waals surface area contributed by atoms with E-state index in [4.69, 9.17) is 0 Å². The number of rotatable bonds is 3. The molecule has 1 unspecified atom stereocenters. The van der Waals surface area contributed by atoms with Crippen LogP contribution in [-0.2, 0) is 6.18 Å². The number of alkyl halides is 3. The topological polar surface area (TPSA) is 20.2 Å². The van der Waals surface area contributed by atoms with Gasteiger partial charge in [0.05, 0.1) is 11.7 Å². The third kappa shape index (κ3) is 2.76. The van der Waals surface area contributed by atoms with E-state index in [0.29, 0.717) is 17.9 Å². The molecule has 1 N–H and O–H groups in total. The van der Waals surface area contributed by atoms with Gasteiger partial charge in [-0.2, -0.15) is 13.2 Å². The summed E-state index contributed by atoms with van der Waals surface area (Å²) in [4.78, 5) is 0. The van der Waals surface area contributed by atoms with E-state index in [2.05, 4.69) is 0 Å². The highest BCUT2D eigenvalue weighted by Gasteiger charge is 2.31. The summed E-state index contributed by atoms with van der Waals surface area (Å²) in [5.41, 5.74) is -0.332. The van der Waals surface area contributed by atoms with Crippen LogP contribution < -0.4 is 0 Å². The Morgan fingerprint density at radius 3 is 2.56 bits per heavy atom. The largest absolute Gasteiger partial charge is 0.416 e. The molecule has 0 radical (unpaired) electrons. The molecule has 0 aliphatic heterocycles. The fourth-order valence-electron chi connectivity index (χ4n) is 1.73. The number of benzene rings is 1. The van der Waals surface area contributed by atoms with Gasteiger partial charge in [-0.25, -0.2) is 0 Å². The van der Waals surface area contributed by atoms with Crippen LogP contribution in [0.3, 0.4) is 0 Å². The molecule has 0 saturated heterocycles. The molecule has 1 aliphatic rings. The Hall–Kier alpha value is -1.03. The zero-order chi connectivity index (χ0) is 11.8. The van der Waals surface area contributed by atoms with Crippen LogP contribution in [0.5, 0.6) is 0 Å². The second-order valence-corrected chi connectivity index (χ2v) is 4.32. The second-order valence-electron chi connectivity index (χ2n) is 4.32. The van der Waals surface area contributed by atoms with Gasteiger partial charge in [-0.15, -0.1) is 0 Å². The lowest BCUT2D eigenvalue weighted by Gasteiger charge is -2.13. The highest BCUT2D eigenvalue weighted by Crippen LogP contribution is 2.38. The lowest BCUT2D eigenvalue weighted by atomic mass is 10.0. The van der Waals surface area contributed by atoms with Crippen molar-refractivity contribution < 1.29 is 18.3 Å². The predicted octanol–water partition coefficient (Wildman–Crippen LogP) is 3.54. The third-order valence-corrected chi connectivity index (χ3v) is 2.85. The van der Waals surface area contributed by atoms with Gasteiger partial charge in [-0.3, -0.25) is 0 Å². The monoisotopic (exact) mass is 230 g/mol. The van der Waals surface area contributed by atoms with Gasteiger partial charge < -0.3 is 5.11 Å². The minimum Gasteiger partial charge on any atom is -0.388 e. The van der Waals surface area contributed by atoms with Crippen molar-refractivity contribution >= 4 is 0 Å². The lowest BCUT2D eigenvalue weighted by Crippen LogP contribution is -2.07. The molecule has 0 heterocycles. The Bertz CT molecular complexity index is 369.